The van der Waals surface area contributed by atoms with Crippen LogP contribution in [0.3, 0.4) is 0 Å². The van der Waals surface area contributed by atoms with Gasteiger partial charge in [-0.25, -0.2) is 8.42 Å². The van der Waals surface area contributed by atoms with Crippen LogP contribution in [0, 0.1) is 5.92 Å². The molecule has 0 bridgehead atoms. The number of imide groups is 1. The lowest BCUT2D eigenvalue weighted by Crippen LogP contribution is -2.42. The van der Waals surface area contributed by atoms with Crippen molar-refractivity contribution < 1.29 is 22.7 Å². The zero-order chi connectivity index (χ0) is 22.0. The van der Waals surface area contributed by atoms with Gasteiger partial charge in [-0.3, -0.25) is 14.5 Å². The summed E-state index contributed by atoms with van der Waals surface area (Å²) in [7, 11) is -3.72. The van der Waals surface area contributed by atoms with Gasteiger partial charge in [0.15, 0.2) is 0 Å². The molecule has 6 rings (SSSR count). The van der Waals surface area contributed by atoms with Gasteiger partial charge < -0.3 is 9.64 Å². The van der Waals surface area contributed by atoms with Gasteiger partial charge in [0.05, 0.1) is 51.2 Å². The van der Waals surface area contributed by atoms with E-state index >= 15 is 0 Å². The van der Waals surface area contributed by atoms with E-state index in [4.69, 9.17) is 4.74 Å². The summed E-state index contributed by atoms with van der Waals surface area (Å²) < 4.78 is 31.7. The van der Waals surface area contributed by atoms with Crippen molar-refractivity contribution in [1.82, 2.24) is 4.90 Å². The van der Waals surface area contributed by atoms with Crippen molar-refractivity contribution >= 4 is 38.7 Å². The highest BCUT2D eigenvalue weighted by atomic mass is 32.2. The zero-order valence-corrected chi connectivity index (χ0v) is 17.7. The molecular formula is C24H18N2O5S. The third kappa shape index (κ3) is 2.53. The van der Waals surface area contributed by atoms with E-state index in [9.17, 15) is 18.0 Å². The van der Waals surface area contributed by atoms with Crippen molar-refractivity contribution in [3.8, 4) is 0 Å². The fraction of sp³-hybridized carbons (Fsp3) is 0.167. The van der Waals surface area contributed by atoms with Gasteiger partial charge in [-0.05, 0) is 36.4 Å². The van der Waals surface area contributed by atoms with Gasteiger partial charge in [-0.2, -0.15) is 0 Å². The lowest BCUT2D eigenvalue weighted by atomic mass is 10.0. The summed E-state index contributed by atoms with van der Waals surface area (Å²) in [6, 6.07) is 18.6. The molecule has 0 aliphatic carbocycles. The van der Waals surface area contributed by atoms with Crippen LogP contribution in [0.1, 0.15) is 20.7 Å². The van der Waals surface area contributed by atoms with Crippen LogP contribution >= 0.6 is 0 Å². The molecule has 3 aliphatic rings. The molecule has 2 amide bonds. The van der Waals surface area contributed by atoms with E-state index in [1.54, 1.807) is 71.6 Å². The quantitative estimate of drug-likeness (QED) is 0.448. The van der Waals surface area contributed by atoms with Crippen LogP contribution in [-0.4, -0.2) is 44.9 Å². The molecule has 8 heteroatoms. The lowest BCUT2D eigenvalue weighted by molar-refractivity contribution is -0.0403. The fourth-order valence-electron chi connectivity index (χ4n) is 4.56. The van der Waals surface area contributed by atoms with Gasteiger partial charge in [-0.1, -0.05) is 30.3 Å². The van der Waals surface area contributed by atoms with Crippen LogP contribution < -0.4 is 4.90 Å². The Hall–Kier alpha value is -3.49. The maximum absolute atomic E-state index is 13.4. The molecule has 1 saturated heterocycles. The molecule has 0 aromatic heterocycles. The number of nitrogens with zero attached hydrogens (tertiary/aromatic N) is 2. The van der Waals surface area contributed by atoms with Crippen molar-refractivity contribution in [2.24, 2.45) is 5.92 Å². The van der Waals surface area contributed by atoms with E-state index < -0.39 is 9.84 Å². The Morgan fingerprint density at radius 2 is 1.38 bits per heavy atom. The Morgan fingerprint density at radius 1 is 0.781 bits per heavy atom. The average Bonchev–Trinajstić information content (AvgIpc) is 3.01. The monoisotopic (exact) mass is 446 g/mol. The van der Waals surface area contributed by atoms with E-state index in [2.05, 4.69) is 0 Å². The second-order valence-electron chi connectivity index (χ2n) is 8.10. The number of hydrogen-bond acceptors (Lipinski definition) is 6. The van der Waals surface area contributed by atoms with Crippen LogP contribution in [0.4, 0.5) is 17.1 Å². The number of benzene rings is 3. The maximum Gasteiger partial charge on any atom is 0.263 e. The van der Waals surface area contributed by atoms with Crippen molar-refractivity contribution in [1.29, 1.82) is 0 Å². The summed E-state index contributed by atoms with van der Waals surface area (Å²) in [5, 5.41) is 0. The largest absolute Gasteiger partial charge is 0.381 e. The second kappa shape index (κ2) is 6.75. The highest BCUT2D eigenvalue weighted by Crippen LogP contribution is 2.49. The number of anilines is 3. The number of carbonyl (C=O) groups is 2. The topological polar surface area (TPSA) is 84.0 Å². The van der Waals surface area contributed by atoms with Crippen molar-refractivity contribution in [2.75, 3.05) is 24.7 Å². The molecule has 3 aliphatic heterocycles. The minimum Gasteiger partial charge on any atom is -0.381 e. The normalized spacial score (nSPS) is 18.8. The van der Waals surface area contributed by atoms with Gasteiger partial charge in [0.25, 0.3) is 11.8 Å². The predicted molar refractivity (Wildman–Crippen MR) is 116 cm³/mol. The Kier molecular flexibility index (Phi) is 4.05. The van der Waals surface area contributed by atoms with Gasteiger partial charge in [0, 0.05) is 12.5 Å². The third-order valence-electron chi connectivity index (χ3n) is 6.16. The van der Waals surface area contributed by atoms with E-state index in [1.807, 2.05) is 0 Å². The molecule has 1 fully saturated rings. The number of hydrogen-bond donors (Lipinski definition) is 0. The molecule has 0 saturated carbocycles. The third-order valence-corrected chi connectivity index (χ3v) is 8.01. The fourth-order valence-corrected chi connectivity index (χ4v) is 6.18. The van der Waals surface area contributed by atoms with E-state index in [0.717, 1.165) is 0 Å². The first-order valence-corrected chi connectivity index (χ1v) is 11.8. The molecule has 3 aromatic rings. The van der Waals surface area contributed by atoms with Crippen LogP contribution in [0.25, 0.3) is 0 Å². The van der Waals surface area contributed by atoms with E-state index in [1.165, 1.54) is 4.90 Å². The van der Waals surface area contributed by atoms with E-state index in [0.29, 0.717) is 47.9 Å². The van der Waals surface area contributed by atoms with Crippen molar-refractivity contribution in [3.63, 3.8) is 0 Å². The Bertz CT molecular complexity index is 1360. The van der Waals surface area contributed by atoms with Crippen LogP contribution in [0.15, 0.2) is 76.5 Å². The summed E-state index contributed by atoms with van der Waals surface area (Å²) in [5.74, 6) is -0.553. The molecule has 160 valence electrons. The lowest BCUT2D eigenvalue weighted by Gasteiger charge is -2.33. The smallest absolute Gasteiger partial charge is 0.263 e. The summed E-state index contributed by atoms with van der Waals surface area (Å²) >= 11 is 0. The van der Waals surface area contributed by atoms with Crippen LogP contribution in [0.5, 0.6) is 0 Å². The Morgan fingerprint density at radius 3 is 1.97 bits per heavy atom. The SMILES string of the molecule is O=C1c2cccc(N3c4ccccc4S(=O)(=O)c4ccccc43)c2C(=O)N1CC1COC1. The first-order chi connectivity index (χ1) is 15.5. The number of fused-ring (bicyclic) bond motifs is 3. The molecule has 32 heavy (non-hydrogen) atoms. The Labute approximate surface area is 184 Å². The zero-order valence-electron chi connectivity index (χ0n) is 16.9. The molecule has 0 atom stereocenters. The molecule has 7 nitrogen and oxygen atoms in total. The predicted octanol–water partition coefficient (Wildman–Crippen LogP) is 3.55. The van der Waals surface area contributed by atoms with Crippen molar-refractivity contribution in [2.45, 2.75) is 9.79 Å². The van der Waals surface area contributed by atoms with Crippen LogP contribution in [0.2, 0.25) is 0 Å². The first kappa shape index (κ1) is 19.2. The van der Waals surface area contributed by atoms with Gasteiger partial charge in [-0.15, -0.1) is 0 Å². The minimum absolute atomic E-state index is 0.141. The van der Waals surface area contributed by atoms with Crippen molar-refractivity contribution in [3.05, 3.63) is 77.9 Å². The van der Waals surface area contributed by atoms with Gasteiger partial charge in [0.2, 0.25) is 9.84 Å². The number of sulfone groups is 1. The summed E-state index contributed by atoms with van der Waals surface area (Å²) in [6.45, 7) is 1.38. The molecule has 0 N–H and O–H groups in total. The minimum atomic E-state index is -3.72. The van der Waals surface area contributed by atoms with Gasteiger partial charge >= 0.3 is 0 Å². The molecule has 0 unspecified atom stereocenters. The molecule has 3 heterocycles. The van der Waals surface area contributed by atoms with Crippen LogP contribution in [-0.2, 0) is 14.6 Å². The number of carbonyl (C=O) groups excluding carboxylic acids is 2. The number of rotatable bonds is 3. The maximum atomic E-state index is 13.4. The Balaban J connectivity index is 1.56. The van der Waals surface area contributed by atoms with E-state index in [-0.39, 0.29) is 27.5 Å². The molecule has 3 aromatic carbocycles. The molecule has 0 spiro atoms. The molecule has 0 radical (unpaired) electrons. The highest BCUT2D eigenvalue weighted by molar-refractivity contribution is 7.92. The standard InChI is InChI=1S/C24H18N2O5S/c27-23-16-6-5-9-19(22(16)24(28)25(23)12-15-13-31-14-15)26-17-7-1-3-10-20(17)32(29,30)21-11-4-2-8-18(21)26/h1-11,15H,12-14H2. The summed E-state index contributed by atoms with van der Waals surface area (Å²) in [6.07, 6.45) is 0. The second-order valence-corrected chi connectivity index (χ2v) is 9.98. The number of para-hydroxylation sites is 2. The summed E-state index contributed by atoms with van der Waals surface area (Å²) in [4.78, 5) is 29.9. The average molecular weight is 446 g/mol. The van der Waals surface area contributed by atoms with Gasteiger partial charge in [0.1, 0.15) is 0 Å². The highest BCUT2D eigenvalue weighted by Gasteiger charge is 2.42. The number of ether oxygens (including phenoxy) is 1. The molecular weight excluding hydrogens is 428 g/mol. The first-order valence-electron chi connectivity index (χ1n) is 10.3. The summed E-state index contributed by atoms with van der Waals surface area (Å²) in [5.41, 5.74) is 2.01. The number of amides is 2.